The average molecular weight is 373 g/mol. The van der Waals surface area contributed by atoms with Gasteiger partial charge in [0.05, 0.1) is 0 Å². The highest BCUT2D eigenvalue weighted by molar-refractivity contribution is 5.74. The van der Waals surface area contributed by atoms with Crippen molar-refractivity contribution in [2.75, 3.05) is 46.3 Å². The molecular formula is C22H36N4O. The van der Waals surface area contributed by atoms with Crippen LogP contribution in [0.5, 0.6) is 0 Å². The van der Waals surface area contributed by atoms with Crippen LogP contribution in [0.4, 0.5) is 4.79 Å². The first-order valence-corrected chi connectivity index (χ1v) is 10.5. The molecular weight excluding hydrogens is 336 g/mol. The molecule has 2 aliphatic rings. The normalized spacial score (nSPS) is 20.2. The van der Waals surface area contributed by atoms with E-state index in [1.54, 1.807) is 0 Å². The van der Waals surface area contributed by atoms with Crippen LogP contribution in [0.2, 0.25) is 0 Å². The molecule has 2 aliphatic heterocycles. The van der Waals surface area contributed by atoms with Crippen molar-refractivity contribution < 1.29 is 4.79 Å². The second-order valence-electron chi connectivity index (χ2n) is 8.63. The number of likely N-dealkylation sites (N-methyl/N-ethyl adjacent to an activating group) is 1. The van der Waals surface area contributed by atoms with E-state index in [1.807, 2.05) is 18.7 Å². The van der Waals surface area contributed by atoms with Gasteiger partial charge in [0, 0.05) is 51.9 Å². The Bertz CT molecular complexity index is 585. The third-order valence-corrected chi connectivity index (χ3v) is 5.86. The van der Waals surface area contributed by atoms with E-state index < -0.39 is 0 Å². The maximum Gasteiger partial charge on any atom is 0.317 e. The molecule has 2 saturated heterocycles. The molecule has 1 aromatic carbocycles. The zero-order chi connectivity index (χ0) is 19.2. The largest absolute Gasteiger partial charge is 0.336 e. The third-order valence-electron chi connectivity index (χ3n) is 5.86. The number of nitrogens with zero attached hydrogens (tertiary/aromatic N) is 3. The number of piperidine rings is 1. The second kappa shape index (κ2) is 9.56. The van der Waals surface area contributed by atoms with Crippen molar-refractivity contribution in [2.24, 2.45) is 5.92 Å². The van der Waals surface area contributed by atoms with Gasteiger partial charge >= 0.3 is 6.03 Å². The summed E-state index contributed by atoms with van der Waals surface area (Å²) in [6.45, 7) is 11.5. The third kappa shape index (κ3) is 6.22. The average Bonchev–Trinajstić information content (AvgIpc) is 2.65. The van der Waals surface area contributed by atoms with Crippen molar-refractivity contribution in [1.82, 2.24) is 20.0 Å². The van der Waals surface area contributed by atoms with Gasteiger partial charge in [-0.25, -0.2) is 4.79 Å². The van der Waals surface area contributed by atoms with Crippen LogP contribution in [0.25, 0.3) is 0 Å². The van der Waals surface area contributed by atoms with Crippen molar-refractivity contribution >= 4 is 6.03 Å². The molecule has 0 saturated carbocycles. The number of hydrogen-bond acceptors (Lipinski definition) is 3. The van der Waals surface area contributed by atoms with Crippen molar-refractivity contribution in [3.05, 3.63) is 35.4 Å². The van der Waals surface area contributed by atoms with Gasteiger partial charge in [-0.2, -0.15) is 0 Å². The minimum atomic E-state index is 0.0942. The molecule has 0 unspecified atom stereocenters. The number of benzene rings is 1. The lowest BCUT2D eigenvalue weighted by molar-refractivity contribution is 0.148. The number of carbonyl (C=O) groups is 1. The number of carbonyl (C=O) groups excluding carboxylic acids is 1. The molecule has 2 amide bonds. The topological polar surface area (TPSA) is 38.8 Å². The van der Waals surface area contributed by atoms with E-state index >= 15 is 0 Å². The van der Waals surface area contributed by atoms with Crippen LogP contribution in [-0.4, -0.2) is 73.1 Å². The molecule has 0 atom stereocenters. The van der Waals surface area contributed by atoms with Gasteiger partial charge < -0.3 is 15.1 Å². The molecule has 0 aliphatic carbocycles. The Hall–Kier alpha value is -1.59. The Morgan fingerprint density at radius 1 is 1.00 bits per heavy atom. The van der Waals surface area contributed by atoms with E-state index in [4.69, 9.17) is 0 Å². The van der Waals surface area contributed by atoms with E-state index in [0.717, 1.165) is 38.9 Å². The van der Waals surface area contributed by atoms with Crippen LogP contribution < -0.4 is 5.32 Å². The first-order valence-electron chi connectivity index (χ1n) is 10.5. The Morgan fingerprint density at radius 3 is 2.19 bits per heavy atom. The summed E-state index contributed by atoms with van der Waals surface area (Å²) >= 11 is 0. The fourth-order valence-electron chi connectivity index (χ4n) is 4.06. The summed E-state index contributed by atoms with van der Waals surface area (Å²) in [5.41, 5.74) is 2.85. The molecule has 1 N–H and O–H groups in total. The molecule has 5 heteroatoms. The lowest BCUT2D eigenvalue weighted by Gasteiger charge is -2.33. The number of amides is 2. The molecule has 0 aromatic heterocycles. The molecule has 150 valence electrons. The number of urea groups is 1. The van der Waals surface area contributed by atoms with Gasteiger partial charge in [-0.1, -0.05) is 24.3 Å². The SMILES string of the molecule is CC(C)NC(=O)N1CCC(Cc2ccc(CN3CCN(C)CC3)cc2)CC1. The zero-order valence-electron chi connectivity index (χ0n) is 17.3. The molecule has 2 fully saturated rings. The predicted octanol–water partition coefficient (Wildman–Crippen LogP) is 2.81. The highest BCUT2D eigenvalue weighted by atomic mass is 16.2. The fourth-order valence-corrected chi connectivity index (χ4v) is 4.06. The summed E-state index contributed by atoms with van der Waals surface area (Å²) in [4.78, 5) is 19.0. The minimum absolute atomic E-state index is 0.0942. The fraction of sp³-hybridized carbons (Fsp3) is 0.682. The van der Waals surface area contributed by atoms with Crippen molar-refractivity contribution in [2.45, 2.75) is 45.7 Å². The summed E-state index contributed by atoms with van der Waals surface area (Å²) in [7, 11) is 2.20. The van der Waals surface area contributed by atoms with Gasteiger partial charge in [-0.3, -0.25) is 4.90 Å². The lowest BCUT2D eigenvalue weighted by Crippen LogP contribution is -2.46. The highest BCUT2D eigenvalue weighted by Crippen LogP contribution is 2.22. The first kappa shape index (κ1) is 20.2. The van der Waals surface area contributed by atoms with Crippen LogP contribution in [-0.2, 0) is 13.0 Å². The van der Waals surface area contributed by atoms with Gasteiger partial charge in [0.25, 0.3) is 0 Å². The summed E-state index contributed by atoms with van der Waals surface area (Å²) < 4.78 is 0. The molecule has 0 bridgehead atoms. The van der Waals surface area contributed by atoms with Gasteiger partial charge in [0.1, 0.15) is 0 Å². The Balaban J connectivity index is 1.42. The summed E-state index contributed by atoms with van der Waals surface area (Å²) in [5.74, 6) is 0.691. The van der Waals surface area contributed by atoms with E-state index in [-0.39, 0.29) is 12.1 Å². The number of likely N-dealkylation sites (tertiary alicyclic amines) is 1. The van der Waals surface area contributed by atoms with Crippen molar-refractivity contribution in [3.8, 4) is 0 Å². The number of rotatable bonds is 5. The van der Waals surface area contributed by atoms with Crippen LogP contribution >= 0.6 is 0 Å². The maximum absolute atomic E-state index is 12.1. The first-order chi connectivity index (χ1) is 13.0. The van der Waals surface area contributed by atoms with Crippen molar-refractivity contribution in [1.29, 1.82) is 0 Å². The van der Waals surface area contributed by atoms with Gasteiger partial charge in [-0.15, -0.1) is 0 Å². The molecule has 3 rings (SSSR count). The number of hydrogen-bond donors (Lipinski definition) is 1. The standard InChI is InChI=1S/C22H36N4O/c1-18(2)23-22(27)26-10-8-20(9-11-26)16-19-4-6-21(7-5-19)17-25-14-12-24(3)13-15-25/h4-7,18,20H,8-17H2,1-3H3,(H,23,27). The van der Waals surface area contributed by atoms with Crippen LogP contribution in [0, 0.1) is 5.92 Å². The number of piperazine rings is 1. The Morgan fingerprint density at radius 2 is 1.59 bits per heavy atom. The van der Waals surface area contributed by atoms with Crippen molar-refractivity contribution in [3.63, 3.8) is 0 Å². The molecule has 2 heterocycles. The predicted molar refractivity (Wildman–Crippen MR) is 111 cm³/mol. The summed E-state index contributed by atoms with van der Waals surface area (Å²) in [5, 5.41) is 3.00. The lowest BCUT2D eigenvalue weighted by atomic mass is 9.90. The zero-order valence-corrected chi connectivity index (χ0v) is 17.3. The monoisotopic (exact) mass is 372 g/mol. The van der Waals surface area contributed by atoms with E-state index in [1.165, 1.54) is 37.3 Å². The Kier molecular flexibility index (Phi) is 7.13. The van der Waals surface area contributed by atoms with E-state index in [9.17, 15) is 4.79 Å². The molecule has 0 spiro atoms. The summed E-state index contributed by atoms with van der Waals surface area (Å²) in [6.07, 6.45) is 3.34. The Labute approximate surface area is 164 Å². The quantitative estimate of drug-likeness (QED) is 0.864. The summed E-state index contributed by atoms with van der Waals surface area (Å²) in [6, 6.07) is 9.53. The van der Waals surface area contributed by atoms with Gasteiger partial charge in [0.2, 0.25) is 0 Å². The van der Waals surface area contributed by atoms with Crippen LogP contribution in [0.3, 0.4) is 0 Å². The van der Waals surface area contributed by atoms with Gasteiger partial charge in [-0.05, 0) is 57.2 Å². The minimum Gasteiger partial charge on any atom is -0.336 e. The van der Waals surface area contributed by atoms with Crippen LogP contribution in [0.15, 0.2) is 24.3 Å². The molecule has 1 aromatic rings. The smallest absolute Gasteiger partial charge is 0.317 e. The van der Waals surface area contributed by atoms with Gasteiger partial charge in [0.15, 0.2) is 0 Å². The number of nitrogens with one attached hydrogen (secondary N) is 1. The molecule has 27 heavy (non-hydrogen) atoms. The second-order valence-corrected chi connectivity index (χ2v) is 8.63. The highest BCUT2D eigenvalue weighted by Gasteiger charge is 2.23. The van der Waals surface area contributed by atoms with E-state index in [0.29, 0.717) is 5.92 Å². The molecule has 5 nitrogen and oxygen atoms in total. The van der Waals surface area contributed by atoms with Crippen LogP contribution in [0.1, 0.15) is 37.8 Å². The maximum atomic E-state index is 12.1. The molecule has 0 radical (unpaired) electrons. The van der Waals surface area contributed by atoms with E-state index in [2.05, 4.69) is 46.4 Å².